The van der Waals surface area contributed by atoms with Crippen molar-refractivity contribution in [1.29, 1.82) is 0 Å². The number of imidazole rings is 1. The fourth-order valence-electron chi connectivity index (χ4n) is 3.40. The SMILES string of the molecule is CC(N)=C/C(=C\N)OC(C)c1cn2cc(C3CC3)cc(N3CC(=O)NC3=O)c2n1. The van der Waals surface area contributed by atoms with E-state index in [2.05, 4.69) is 10.3 Å². The number of nitrogens with one attached hydrogen (secondary N) is 1. The molecule has 9 heteroatoms. The molecule has 29 heavy (non-hydrogen) atoms. The number of carbonyl (C=O) groups is 2. The van der Waals surface area contributed by atoms with E-state index in [9.17, 15) is 9.59 Å². The highest BCUT2D eigenvalue weighted by atomic mass is 16.5. The van der Waals surface area contributed by atoms with E-state index in [4.69, 9.17) is 16.2 Å². The van der Waals surface area contributed by atoms with E-state index in [-0.39, 0.29) is 12.5 Å². The molecule has 3 heterocycles. The predicted molar refractivity (Wildman–Crippen MR) is 108 cm³/mol. The van der Waals surface area contributed by atoms with Crippen molar-refractivity contribution in [2.75, 3.05) is 11.4 Å². The Kier molecular flexibility index (Phi) is 4.65. The van der Waals surface area contributed by atoms with Gasteiger partial charge in [-0.1, -0.05) is 0 Å². The summed E-state index contributed by atoms with van der Waals surface area (Å²) in [7, 11) is 0. The smallest absolute Gasteiger partial charge is 0.329 e. The number of nitrogens with two attached hydrogens (primary N) is 2. The number of hydrogen-bond donors (Lipinski definition) is 3. The lowest BCUT2D eigenvalue weighted by atomic mass is 10.1. The number of pyridine rings is 1. The van der Waals surface area contributed by atoms with Gasteiger partial charge in [-0.3, -0.25) is 15.0 Å². The second-order valence-corrected chi connectivity index (χ2v) is 7.49. The second kappa shape index (κ2) is 7.16. The number of fused-ring (bicyclic) bond motifs is 1. The van der Waals surface area contributed by atoms with Crippen LogP contribution >= 0.6 is 0 Å². The number of hydrogen-bond acceptors (Lipinski definition) is 6. The van der Waals surface area contributed by atoms with E-state index in [0.717, 1.165) is 18.4 Å². The van der Waals surface area contributed by atoms with E-state index in [0.29, 0.717) is 34.4 Å². The number of imide groups is 1. The lowest BCUT2D eigenvalue weighted by Crippen LogP contribution is -2.28. The highest BCUT2D eigenvalue weighted by Gasteiger charge is 2.32. The Hall–Kier alpha value is -3.49. The quantitative estimate of drug-likeness (QED) is 0.389. The summed E-state index contributed by atoms with van der Waals surface area (Å²) in [5.74, 6) is 0.594. The summed E-state index contributed by atoms with van der Waals surface area (Å²) in [5.41, 5.74) is 14.9. The van der Waals surface area contributed by atoms with Crippen molar-refractivity contribution in [3.05, 3.63) is 53.4 Å². The van der Waals surface area contributed by atoms with Crippen LogP contribution in [0, 0.1) is 0 Å². The van der Waals surface area contributed by atoms with Crippen LogP contribution in [0.25, 0.3) is 5.65 Å². The Morgan fingerprint density at radius 2 is 2.14 bits per heavy atom. The van der Waals surface area contributed by atoms with Crippen LogP contribution in [-0.4, -0.2) is 27.9 Å². The minimum atomic E-state index is -0.435. The second-order valence-electron chi connectivity index (χ2n) is 7.49. The third-order valence-corrected chi connectivity index (χ3v) is 4.97. The Labute approximate surface area is 168 Å². The molecule has 152 valence electrons. The van der Waals surface area contributed by atoms with Crippen LogP contribution in [0.3, 0.4) is 0 Å². The highest BCUT2D eigenvalue weighted by molar-refractivity contribution is 6.13. The number of amides is 3. The van der Waals surface area contributed by atoms with Crippen molar-refractivity contribution < 1.29 is 14.3 Å². The first-order valence-corrected chi connectivity index (χ1v) is 9.52. The summed E-state index contributed by atoms with van der Waals surface area (Å²) >= 11 is 0. The maximum atomic E-state index is 12.2. The van der Waals surface area contributed by atoms with Gasteiger partial charge in [-0.25, -0.2) is 9.78 Å². The van der Waals surface area contributed by atoms with Crippen molar-refractivity contribution in [3.8, 4) is 0 Å². The molecular formula is C20H24N6O3. The average molecular weight is 396 g/mol. The van der Waals surface area contributed by atoms with Crippen LogP contribution in [0.1, 0.15) is 50.0 Å². The zero-order valence-electron chi connectivity index (χ0n) is 16.4. The van der Waals surface area contributed by atoms with Gasteiger partial charge in [0.2, 0.25) is 5.91 Å². The van der Waals surface area contributed by atoms with Crippen molar-refractivity contribution in [2.24, 2.45) is 11.5 Å². The molecular weight excluding hydrogens is 372 g/mol. The average Bonchev–Trinajstić information content (AvgIpc) is 3.33. The van der Waals surface area contributed by atoms with Gasteiger partial charge in [0.1, 0.15) is 18.4 Å². The van der Waals surface area contributed by atoms with Gasteiger partial charge in [-0.05, 0) is 44.2 Å². The van der Waals surface area contributed by atoms with Gasteiger partial charge in [0, 0.05) is 30.4 Å². The maximum absolute atomic E-state index is 12.2. The lowest BCUT2D eigenvalue weighted by Gasteiger charge is -2.16. The highest BCUT2D eigenvalue weighted by Crippen LogP contribution is 2.42. The van der Waals surface area contributed by atoms with Gasteiger partial charge in [-0.2, -0.15) is 0 Å². The molecule has 3 amide bonds. The number of carbonyl (C=O) groups excluding carboxylic acids is 2. The van der Waals surface area contributed by atoms with Crippen molar-refractivity contribution >= 4 is 23.3 Å². The minimum absolute atomic E-state index is 0.0164. The van der Waals surface area contributed by atoms with E-state index >= 15 is 0 Å². The molecule has 1 atom stereocenters. The van der Waals surface area contributed by atoms with Gasteiger partial charge in [0.25, 0.3) is 0 Å². The predicted octanol–water partition coefficient (Wildman–Crippen LogP) is 2.01. The number of aromatic nitrogens is 2. The maximum Gasteiger partial charge on any atom is 0.329 e. The van der Waals surface area contributed by atoms with E-state index in [1.54, 1.807) is 13.0 Å². The summed E-state index contributed by atoms with van der Waals surface area (Å²) in [4.78, 5) is 30.1. The van der Waals surface area contributed by atoms with Gasteiger partial charge >= 0.3 is 6.03 Å². The fraction of sp³-hybridized carbons (Fsp3) is 0.350. The first kappa shape index (κ1) is 18.9. The Morgan fingerprint density at radius 1 is 1.38 bits per heavy atom. The molecule has 1 aliphatic carbocycles. The number of rotatable bonds is 6. The number of urea groups is 1. The lowest BCUT2D eigenvalue weighted by molar-refractivity contribution is -0.117. The monoisotopic (exact) mass is 396 g/mol. The van der Waals surface area contributed by atoms with E-state index in [1.807, 2.05) is 29.8 Å². The van der Waals surface area contributed by atoms with Crippen LogP contribution < -0.4 is 21.7 Å². The number of anilines is 1. The Morgan fingerprint density at radius 3 is 2.72 bits per heavy atom. The van der Waals surface area contributed by atoms with E-state index < -0.39 is 12.1 Å². The summed E-state index contributed by atoms with van der Waals surface area (Å²) in [6.45, 7) is 3.59. The zero-order chi connectivity index (χ0) is 20.7. The molecule has 4 rings (SSSR count). The van der Waals surface area contributed by atoms with Gasteiger partial charge in [0.15, 0.2) is 5.65 Å². The van der Waals surface area contributed by atoms with Gasteiger partial charge in [-0.15, -0.1) is 0 Å². The third-order valence-electron chi connectivity index (χ3n) is 4.97. The molecule has 1 saturated heterocycles. The number of allylic oxidation sites excluding steroid dienone is 2. The molecule has 9 nitrogen and oxygen atoms in total. The first-order valence-electron chi connectivity index (χ1n) is 9.52. The molecule has 1 aliphatic heterocycles. The summed E-state index contributed by atoms with van der Waals surface area (Å²) < 4.78 is 7.77. The van der Waals surface area contributed by atoms with Crippen LogP contribution in [0.15, 0.2) is 42.2 Å². The van der Waals surface area contributed by atoms with Crippen LogP contribution in [0.5, 0.6) is 0 Å². The van der Waals surface area contributed by atoms with Crippen LogP contribution in [0.4, 0.5) is 10.5 Å². The molecule has 5 N–H and O–H groups in total. The molecule has 2 aromatic rings. The molecule has 1 unspecified atom stereocenters. The largest absolute Gasteiger partial charge is 0.483 e. The number of nitrogens with zero attached hydrogens (tertiary/aromatic N) is 3. The molecule has 0 aromatic carbocycles. The first-order chi connectivity index (χ1) is 13.9. The molecule has 2 fully saturated rings. The Balaban J connectivity index is 1.72. The third kappa shape index (κ3) is 3.75. The Bertz CT molecular complexity index is 1050. The van der Waals surface area contributed by atoms with Crippen LogP contribution in [0.2, 0.25) is 0 Å². The molecule has 2 aromatic heterocycles. The summed E-state index contributed by atoms with van der Waals surface area (Å²) in [5, 5.41) is 2.32. The van der Waals surface area contributed by atoms with Crippen molar-refractivity contribution in [3.63, 3.8) is 0 Å². The normalized spacial score (nSPS) is 19.0. The van der Waals surface area contributed by atoms with Gasteiger partial charge < -0.3 is 20.6 Å². The fourth-order valence-corrected chi connectivity index (χ4v) is 3.40. The topological polar surface area (TPSA) is 128 Å². The molecule has 0 bridgehead atoms. The minimum Gasteiger partial charge on any atom is -0.483 e. The molecule has 0 radical (unpaired) electrons. The molecule has 0 spiro atoms. The summed E-state index contributed by atoms with van der Waals surface area (Å²) in [6, 6.07) is 1.52. The van der Waals surface area contributed by atoms with Crippen molar-refractivity contribution in [2.45, 2.75) is 38.7 Å². The van der Waals surface area contributed by atoms with Crippen molar-refractivity contribution in [1.82, 2.24) is 14.7 Å². The van der Waals surface area contributed by atoms with Crippen LogP contribution in [-0.2, 0) is 9.53 Å². The number of ether oxygens (including phenoxy) is 1. The standard InChI is InChI=1S/C20H24N6O3/c1-11(22)5-15(7-21)29-12(2)16-9-25-8-14(13-3-4-13)6-17(19(25)23-16)26-10-18(27)24-20(26)28/h5-9,12-13H,3-4,10,21-22H2,1-2H3,(H,24,27,28)/b11-5?,15-7+. The zero-order valence-corrected chi connectivity index (χ0v) is 16.4. The summed E-state index contributed by atoms with van der Waals surface area (Å²) in [6.07, 6.45) is 8.73. The van der Waals surface area contributed by atoms with E-state index in [1.165, 1.54) is 11.1 Å². The van der Waals surface area contributed by atoms with Gasteiger partial charge in [0.05, 0.1) is 11.4 Å². The molecule has 1 saturated carbocycles. The molecule has 2 aliphatic rings.